The summed E-state index contributed by atoms with van der Waals surface area (Å²) in [4.78, 5) is 12.0. The first-order chi connectivity index (χ1) is 9.90. The molecule has 0 radical (unpaired) electrons. The second-order valence-electron chi connectivity index (χ2n) is 6.73. The van der Waals surface area contributed by atoms with Crippen LogP contribution in [0.1, 0.15) is 70.4 Å². The van der Waals surface area contributed by atoms with Crippen LogP contribution < -0.4 is 10.1 Å². The topological polar surface area (TPSA) is 38.3 Å². The lowest BCUT2D eigenvalue weighted by molar-refractivity contribution is 0.196. The molecule has 21 heavy (non-hydrogen) atoms. The van der Waals surface area contributed by atoms with E-state index in [-0.39, 0.29) is 12.1 Å². The number of para-hydroxylation sites is 1. The smallest absolute Gasteiger partial charge is 0.410 e. The number of carbonyl (C=O) groups is 1. The Labute approximate surface area is 128 Å². The van der Waals surface area contributed by atoms with Crippen molar-refractivity contribution in [2.75, 3.05) is 0 Å². The van der Waals surface area contributed by atoms with Crippen LogP contribution in [0.2, 0.25) is 0 Å². The highest BCUT2D eigenvalue weighted by atomic mass is 16.6. The minimum absolute atomic E-state index is 0.0769. The second kappa shape index (κ2) is 6.50. The summed E-state index contributed by atoms with van der Waals surface area (Å²) in [7, 11) is 0. The maximum Gasteiger partial charge on any atom is 0.412 e. The van der Waals surface area contributed by atoms with Crippen LogP contribution >= 0.6 is 0 Å². The molecule has 0 bridgehead atoms. The third kappa shape index (κ3) is 3.99. The van der Waals surface area contributed by atoms with Crippen molar-refractivity contribution >= 4 is 6.09 Å². The number of hydrogen-bond acceptors (Lipinski definition) is 2. The molecule has 1 fully saturated rings. The summed E-state index contributed by atoms with van der Waals surface area (Å²) < 4.78 is 5.70. The van der Waals surface area contributed by atoms with Crippen molar-refractivity contribution in [2.24, 2.45) is 5.92 Å². The van der Waals surface area contributed by atoms with Gasteiger partial charge in [-0.15, -0.1) is 0 Å². The fourth-order valence-corrected chi connectivity index (χ4v) is 2.71. The molecule has 0 heterocycles. The van der Waals surface area contributed by atoms with Crippen molar-refractivity contribution < 1.29 is 9.53 Å². The first-order valence-electron chi connectivity index (χ1n) is 8.01. The van der Waals surface area contributed by atoms with Crippen molar-refractivity contribution in [3.8, 4) is 5.75 Å². The SMILES string of the molecule is CC(C)NC(=O)Oc1c(C(C)C)cccc1C(C)C1CC1. The Balaban J connectivity index is 2.31. The van der Waals surface area contributed by atoms with Gasteiger partial charge in [0, 0.05) is 6.04 Å². The van der Waals surface area contributed by atoms with Crippen LogP contribution in [-0.4, -0.2) is 12.1 Å². The van der Waals surface area contributed by atoms with Gasteiger partial charge in [-0.3, -0.25) is 0 Å². The lowest BCUT2D eigenvalue weighted by atomic mass is 9.90. The van der Waals surface area contributed by atoms with Gasteiger partial charge in [0.05, 0.1) is 0 Å². The van der Waals surface area contributed by atoms with E-state index in [1.807, 2.05) is 13.8 Å². The Bertz CT molecular complexity index is 504. The predicted octanol–water partition coefficient (Wildman–Crippen LogP) is 4.82. The molecule has 1 atom stereocenters. The Morgan fingerprint density at radius 1 is 1.14 bits per heavy atom. The average molecular weight is 289 g/mol. The Kier molecular flexibility index (Phi) is 4.92. The van der Waals surface area contributed by atoms with Gasteiger partial charge in [0.15, 0.2) is 0 Å². The molecule has 0 aromatic heterocycles. The van der Waals surface area contributed by atoms with Crippen LogP contribution in [0, 0.1) is 5.92 Å². The quantitative estimate of drug-likeness (QED) is 0.844. The zero-order valence-corrected chi connectivity index (χ0v) is 13.8. The summed E-state index contributed by atoms with van der Waals surface area (Å²) in [6.45, 7) is 10.4. The summed E-state index contributed by atoms with van der Waals surface area (Å²) in [5.74, 6) is 2.29. The van der Waals surface area contributed by atoms with E-state index < -0.39 is 0 Å². The molecular weight excluding hydrogens is 262 g/mol. The molecule has 1 aromatic carbocycles. The van der Waals surface area contributed by atoms with Gasteiger partial charge in [0.1, 0.15) is 5.75 Å². The van der Waals surface area contributed by atoms with E-state index in [1.165, 1.54) is 18.4 Å². The zero-order valence-electron chi connectivity index (χ0n) is 13.8. The number of carbonyl (C=O) groups excluding carboxylic acids is 1. The van der Waals surface area contributed by atoms with Gasteiger partial charge >= 0.3 is 6.09 Å². The zero-order chi connectivity index (χ0) is 15.6. The molecule has 1 N–H and O–H groups in total. The van der Waals surface area contributed by atoms with Gasteiger partial charge in [0.25, 0.3) is 0 Å². The van der Waals surface area contributed by atoms with E-state index in [0.717, 1.165) is 17.2 Å². The van der Waals surface area contributed by atoms with Crippen molar-refractivity contribution in [1.29, 1.82) is 0 Å². The third-order valence-corrected chi connectivity index (χ3v) is 4.12. The monoisotopic (exact) mass is 289 g/mol. The predicted molar refractivity (Wildman–Crippen MR) is 86.0 cm³/mol. The first-order valence-corrected chi connectivity index (χ1v) is 8.01. The van der Waals surface area contributed by atoms with Crippen molar-refractivity contribution in [3.05, 3.63) is 29.3 Å². The summed E-state index contributed by atoms with van der Waals surface area (Å²) in [5.41, 5.74) is 2.28. The van der Waals surface area contributed by atoms with E-state index in [1.54, 1.807) is 0 Å². The minimum atomic E-state index is -0.359. The molecule has 2 rings (SSSR count). The highest BCUT2D eigenvalue weighted by Gasteiger charge is 2.32. The molecule has 1 saturated carbocycles. The molecule has 3 heteroatoms. The van der Waals surface area contributed by atoms with Gasteiger partial charge in [-0.2, -0.15) is 0 Å². The fraction of sp³-hybridized carbons (Fsp3) is 0.611. The number of benzene rings is 1. The largest absolute Gasteiger partial charge is 0.412 e. The summed E-state index contributed by atoms with van der Waals surface area (Å²) >= 11 is 0. The van der Waals surface area contributed by atoms with Crippen molar-refractivity contribution in [3.63, 3.8) is 0 Å². The summed E-state index contributed by atoms with van der Waals surface area (Å²) in [6, 6.07) is 6.32. The molecule has 1 aromatic rings. The summed E-state index contributed by atoms with van der Waals surface area (Å²) in [6.07, 6.45) is 2.21. The minimum Gasteiger partial charge on any atom is -0.410 e. The lowest BCUT2D eigenvalue weighted by Crippen LogP contribution is -2.33. The van der Waals surface area contributed by atoms with E-state index in [9.17, 15) is 4.79 Å². The van der Waals surface area contributed by atoms with Crippen molar-refractivity contribution in [2.45, 2.75) is 65.3 Å². The number of hydrogen-bond donors (Lipinski definition) is 1. The molecular formula is C18H27NO2. The Morgan fingerprint density at radius 2 is 1.76 bits per heavy atom. The number of ether oxygens (including phenoxy) is 1. The Morgan fingerprint density at radius 3 is 2.29 bits per heavy atom. The molecule has 1 amide bonds. The molecule has 0 spiro atoms. The van der Waals surface area contributed by atoms with E-state index in [2.05, 4.69) is 44.3 Å². The lowest BCUT2D eigenvalue weighted by Gasteiger charge is -2.21. The van der Waals surface area contributed by atoms with Gasteiger partial charge in [-0.05, 0) is 55.6 Å². The maximum atomic E-state index is 12.0. The molecule has 116 valence electrons. The fourth-order valence-electron chi connectivity index (χ4n) is 2.71. The first kappa shape index (κ1) is 15.9. The molecule has 0 saturated heterocycles. The van der Waals surface area contributed by atoms with Crippen LogP contribution in [0.5, 0.6) is 5.75 Å². The third-order valence-electron chi connectivity index (χ3n) is 4.12. The van der Waals surface area contributed by atoms with Crippen LogP contribution in [0.4, 0.5) is 4.79 Å². The van der Waals surface area contributed by atoms with Crippen molar-refractivity contribution in [1.82, 2.24) is 5.32 Å². The van der Waals surface area contributed by atoms with E-state index >= 15 is 0 Å². The Hall–Kier alpha value is -1.51. The number of nitrogens with one attached hydrogen (secondary N) is 1. The van der Waals surface area contributed by atoms with E-state index in [0.29, 0.717) is 11.8 Å². The van der Waals surface area contributed by atoms with Gasteiger partial charge < -0.3 is 10.1 Å². The number of rotatable bonds is 5. The van der Waals surface area contributed by atoms with Crippen LogP contribution in [0.15, 0.2) is 18.2 Å². The molecule has 1 aliphatic rings. The highest BCUT2D eigenvalue weighted by Crippen LogP contribution is 2.46. The van der Waals surface area contributed by atoms with E-state index in [4.69, 9.17) is 4.74 Å². The van der Waals surface area contributed by atoms with Gasteiger partial charge in [-0.25, -0.2) is 4.79 Å². The van der Waals surface area contributed by atoms with Crippen LogP contribution in [-0.2, 0) is 0 Å². The van der Waals surface area contributed by atoms with Crippen LogP contribution in [0.3, 0.4) is 0 Å². The molecule has 1 unspecified atom stereocenters. The molecule has 1 aliphatic carbocycles. The molecule has 3 nitrogen and oxygen atoms in total. The second-order valence-corrected chi connectivity index (χ2v) is 6.73. The summed E-state index contributed by atoms with van der Waals surface area (Å²) in [5, 5.41) is 2.81. The highest BCUT2D eigenvalue weighted by molar-refractivity contribution is 5.72. The maximum absolute atomic E-state index is 12.0. The molecule has 0 aliphatic heterocycles. The van der Waals surface area contributed by atoms with Crippen LogP contribution in [0.25, 0.3) is 0 Å². The van der Waals surface area contributed by atoms with Gasteiger partial charge in [-0.1, -0.05) is 39.0 Å². The van der Waals surface area contributed by atoms with Gasteiger partial charge in [0.2, 0.25) is 0 Å². The number of amides is 1. The standard InChI is InChI=1S/C18H27NO2/c1-11(2)15-7-6-8-16(13(5)14-9-10-14)17(15)21-18(20)19-12(3)4/h6-8,11-14H,9-10H2,1-5H3,(H,19,20). The normalized spacial score (nSPS) is 16.1. The average Bonchev–Trinajstić information content (AvgIpc) is 3.21.